The molecular weight excluding hydrogens is 219 g/mol. The lowest BCUT2D eigenvalue weighted by Crippen LogP contribution is -2.07. The van der Waals surface area contributed by atoms with Gasteiger partial charge in [-0.1, -0.05) is 30.9 Å². The van der Waals surface area contributed by atoms with Gasteiger partial charge in [0.1, 0.15) is 5.15 Å². The fourth-order valence-corrected chi connectivity index (χ4v) is 2.44. The normalized spacial score (nSPS) is 18.4. The van der Waals surface area contributed by atoms with Crippen LogP contribution in [0.1, 0.15) is 43.7 Å². The Morgan fingerprint density at radius 2 is 1.79 bits per heavy atom. The van der Waals surface area contributed by atoms with Crippen molar-refractivity contribution in [2.75, 3.05) is 0 Å². The van der Waals surface area contributed by atoms with E-state index in [1.807, 2.05) is 6.07 Å². The summed E-state index contributed by atoms with van der Waals surface area (Å²) in [7, 11) is 0. The molecule has 1 aromatic rings. The van der Waals surface area contributed by atoms with Crippen LogP contribution < -0.4 is 0 Å². The Bertz CT molecular complexity index is 302. The van der Waals surface area contributed by atoms with E-state index < -0.39 is 0 Å². The van der Waals surface area contributed by atoms with E-state index in [4.69, 9.17) is 23.2 Å². The highest BCUT2D eigenvalue weighted by atomic mass is 35.5. The number of nitrogens with zero attached hydrogens (tertiary/aromatic N) is 2. The van der Waals surface area contributed by atoms with Gasteiger partial charge in [-0.25, -0.2) is 9.97 Å². The van der Waals surface area contributed by atoms with E-state index in [0.29, 0.717) is 11.1 Å². The van der Waals surface area contributed by atoms with Crippen LogP contribution in [0, 0.1) is 0 Å². The third kappa shape index (κ3) is 2.37. The lowest BCUT2D eigenvalue weighted by Gasteiger charge is -2.20. The van der Waals surface area contributed by atoms with Crippen LogP contribution in [0.15, 0.2) is 6.07 Å². The van der Waals surface area contributed by atoms with Gasteiger partial charge < -0.3 is 0 Å². The highest BCUT2D eigenvalue weighted by Crippen LogP contribution is 2.32. The van der Waals surface area contributed by atoms with E-state index in [9.17, 15) is 0 Å². The molecule has 0 unspecified atom stereocenters. The first-order valence-corrected chi connectivity index (χ1v) is 5.71. The first-order chi connectivity index (χ1) is 6.75. The maximum absolute atomic E-state index is 5.83. The Labute approximate surface area is 93.7 Å². The Morgan fingerprint density at radius 1 is 1.07 bits per heavy atom. The molecule has 0 radical (unpaired) electrons. The molecule has 2 nitrogen and oxygen atoms in total. The molecule has 14 heavy (non-hydrogen) atoms. The van der Waals surface area contributed by atoms with Gasteiger partial charge in [-0.2, -0.15) is 0 Å². The van der Waals surface area contributed by atoms with Gasteiger partial charge in [-0.05, 0) is 30.5 Å². The number of halogens is 2. The van der Waals surface area contributed by atoms with Crippen LogP contribution in [0.5, 0.6) is 0 Å². The predicted octanol–water partition coefficient (Wildman–Crippen LogP) is 3.83. The van der Waals surface area contributed by atoms with E-state index in [1.54, 1.807) is 0 Å². The molecule has 0 N–H and O–H groups in total. The second kappa shape index (κ2) is 4.45. The molecule has 0 bridgehead atoms. The monoisotopic (exact) mass is 230 g/mol. The van der Waals surface area contributed by atoms with Crippen LogP contribution in [0.4, 0.5) is 0 Å². The smallest absolute Gasteiger partial charge is 0.223 e. The Balaban J connectivity index is 2.21. The number of hydrogen-bond donors (Lipinski definition) is 0. The third-order valence-electron chi connectivity index (χ3n) is 2.71. The van der Waals surface area contributed by atoms with Gasteiger partial charge in [0.05, 0.1) is 0 Å². The second-order valence-corrected chi connectivity index (χ2v) is 4.44. The van der Waals surface area contributed by atoms with Crippen LogP contribution in [-0.2, 0) is 0 Å². The lowest BCUT2D eigenvalue weighted by atomic mass is 9.87. The second-order valence-electron chi connectivity index (χ2n) is 3.72. The maximum atomic E-state index is 5.83. The van der Waals surface area contributed by atoms with Crippen molar-refractivity contribution in [3.05, 3.63) is 22.2 Å². The van der Waals surface area contributed by atoms with Crippen LogP contribution >= 0.6 is 23.2 Å². The zero-order valence-corrected chi connectivity index (χ0v) is 9.35. The van der Waals surface area contributed by atoms with Crippen molar-refractivity contribution in [3.63, 3.8) is 0 Å². The Morgan fingerprint density at radius 3 is 2.43 bits per heavy atom. The molecule has 1 fully saturated rings. The first kappa shape index (κ1) is 10.2. The summed E-state index contributed by atoms with van der Waals surface area (Å²) < 4.78 is 0. The molecule has 0 aromatic carbocycles. The molecule has 0 aliphatic heterocycles. The molecule has 1 saturated carbocycles. The summed E-state index contributed by atoms with van der Waals surface area (Å²) in [4.78, 5) is 8.08. The highest BCUT2D eigenvalue weighted by molar-refractivity contribution is 6.31. The van der Waals surface area contributed by atoms with Crippen LogP contribution in [0.3, 0.4) is 0 Å². The van der Waals surface area contributed by atoms with Crippen molar-refractivity contribution in [2.24, 2.45) is 0 Å². The van der Waals surface area contributed by atoms with E-state index in [-0.39, 0.29) is 5.28 Å². The van der Waals surface area contributed by atoms with E-state index >= 15 is 0 Å². The maximum Gasteiger partial charge on any atom is 0.224 e. The Kier molecular flexibility index (Phi) is 3.24. The first-order valence-electron chi connectivity index (χ1n) is 4.95. The predicted molar refractivity (Wildman–Crippen MR) is 57.9 cm³/mol. The van der Waals surface area contributed by atoms with Crippen LogP contribution in [-0.4, -0.2) is 9.97 Å². The van der Waals surface area contributed by atoms with Gasteiger partial charge in [-0.3, -0.25) is 0 Å². The van der Waals surface area contributed by atoms with E-state index in [2.05, 4.69) is 9.97 Å². The molecule has 0 saturated heterocycles. The minimum Gasteiger partial charge on any atom is -0.223 e. The van der Waals surface area contributed by atoms with E-state index in [1.165, 1.54) is 32.1 Å². The van der Waals surface area contributed by atoms with Crippen LogP contribution in [0.2, 0.25) is 10.4 Å². The molecule has 0 spiro atoms. The average Bonchev–Trinajstić information content (AvgIpc) is 2.18. The Hall–Kier alpha value is -0.340. The quantitative estimate of drug-likeness (QED) is 0.542. The minimum atomic E-state index is 0.262. The fraction of sp³-hybridized carbons (Fsp3) is 0.600. The summed E-state index contributed by atoms with van der Waals surface area (Å²) in [5.74, 6) is 0.529. The zero-order chi connectivity index (χ0) is 9.97. The van der Waals surface area contributed by atoms with E-state index in [0.717, 1.165) is 5.69 Å². The van der Waals surface area contributed by atoms with Crippen molar-refractivity contribution in [1.29, 1.82) is 0 Å². The molecule has 2 rings (SSSR count). The summed E-state index contributed by atoms with van der Waals surface area (Å²) in [6, 6.07) is 1.84. The van der Waals surface area contributed by atoms with Crippen molar-refractivity contribution in [2.45, 2.75) is 38.0 Å². The molecule has 1 aliphatic carbocycles. The third-order valence-corrected chi connectivity index (χ3v) is 3.07. The largest absolute Gasteiger partial charge is 0.224 e. The molecule has 1 heterocycles. The molecule has 4 heteroatoms. The standard InChI is InChI=1S/C10H12Cl2N2/c11-9-6-8(13-10(12)14-9)7-4-2-1-3-5-7/h6-7H,1-5H2. The van der Waals surface area contributed by atoms with Gasteiger partial charge in [-0.15, -0.1) is 0 Å². The van der Waals surface area contributed by atoms with Gasteiger partial charge >= 0.3 is 0 Å². The molecule has 0 amide bonds. The van der Waals surface area contributed by atoms with Crippen molar-refractivity contribution in [1.82, 2.24) is 9.97 Å². The summed E-state index contributed by atoms with van der Waals surface area (Å²) in [6.45, 7) is 0. The molecule has 0 atom stereocenters. The van der Waals surface area contributed by atoms with Gasteiger partial charge in [0.2, 0.25) is 5.28 Å². The zero-order valence-electron chi connectivity index (χ0n) is 7.84. The summed E-state index contributed by atoms with van der Waals surface area (Å²) in [5.41, 5.74) is 1.01. The highest BCUT2D eigenvalue weighted by Gasteiger charge is 2.17. The molecule has 1 aliphatic rings. The number of aromatic nitrogens is 2. The molecule has 1 aromatic heterocycles. The molecule has 76 valence electrons. The number of hydrogen-bond acceptors (Lipinski definition) is 2. The van der Waals surface area contributed by atoms with Crippen molar-refractivity contribution < 1.29 is 0 Å². The summed E-state index contributed by atoms with van der Waals surface area (Å²) >= 11 is 11.6. The van der Waals surface area contributed by atoms with Gasteiger partial charge in [0.25, 0.3) is 0 Å². The van der Waals surface area contributed by atoms with Gasteiger partial charge in [0, 0.05) is 11.6 Å². The number of rotatable bonds is 1. The summed E-state index contributed by atoms with van der Waals surface area (Å²) in [6.07, 6.45) is 6.30. The van der Waals surface area contributed by atoms with Crippen LogP contribution in [0.25, 0.3) is 0 Å². The van der Waals surface area contributed by atoms with Gasteiger partial charge in [0.15, 0.2) is 0 Å². The average molecular weight is 231 g/mol. The minimum absolute atomic E-state index is 0.262. The SMILES string of the molecule is Clc1cc(C2CCCCC2)nc(Cl)n1. The summed E-state index contributed by atoms with van der Waals surface area (Å²) in [5, 5.41) is 0.712. The lowest BCUT2D eigenvalue weighted by molar-refractivity contribution is 0.436. The molecular formula is C10H12Cl2N2. The van der Waals surface area contributed by atoms with Crippen molar-refractivity contribution >= 4 is 23.2 Å². The topological polar surface area (TPSA) is 25.8 Å². The van der Waals surface area contributed by atoms with Crippen molar-refractivity contribution in [3.8, 4) is 0 Å². The fourth-order valence-electron chi connectivity index (χ4n) is 2.01.